The molecule has 0 saturated heterocycles. The lowest BCUT2D eigenvalue weighted by Crippen LogP contribution is -2.47. The highest BCUT2D eigenvalue weighted by Gasteiger charge is 2.18. The number of hydrogen-bond donors (Lipinski definition) is 2. The normalized spacial score (nSPS) is 11.3. The number of ether oxygens (including phenoxy) is 3. The minimum Gasteiger partial charge on any atom is -0.493 e. The van der Waals surface area contributed by atoms with Gasteiger partial charge < -0.3 is 14.2 Å². The predicted octanol–water partition coefficient (Wildman–Crippen LogP) is 3.24. The largest absolute Gasteiger partial charge is 0.493 e. The monoisotopic (exact) mass is 404 g/mol. The molecule has 0 aliphatic rings. The number of unbranched alkanes of at least 4 members (excludes halogenated alkanes) is 1. The topological polar surface area (TPSA) is 85.9 Å². The van der Waals surface area contributed by atoms with Crippen LogP contribution in [0.15, 0.2) is 42.5 Å². The molecule has 2 aromatic rings. The number of hydrogen-bond acceptors (Lipinski definition) is 5. The highest BCUT2D eigenvalue weighted by Crippen LogP contribution is 2.28. The van der Waals surface area contributed by atoms with Crippen molar-refractivity contribution in [3.05, 3.63) is 53.8 Å². The maximum Gasteiger partial charge on any atom is 0.279 e. The molecule has 1 atom stereocenters. The van der Waals surface area contributed by atoms with E-state index in [1.165, 1.54) is 38.3 Å². The Morgan fingerprint density at radius 2 is 1.83 bits per heavy atom. The van der Waals surface area contributed by atoms with Crippen molar-refractivity contribution in [1.29, 1.82) is 0 Å². The molecule has 0 radical (unpaired) electrons. The predicted molar refractivity (Wildman–Crippen MR) is 105 cm³/mol. The second-order valence-corrected chi connectivity index (χ2v) is 6.20. The molecular formula is C21H25FN2O5. The van der Waals surface area contributed by atoms with Crippen LogP contribution in [0.5, 0.6) is 17.2 Å². The van der Waals surface area contributed by atoms with E-state index < -0.39 is 23.7 Å². The number of amides is 2. The van der Waals surface area contributed by atoms with E-state index >= 15 is 0 Å². The smallest absolute Gasteiger partial charge is 0.279 e. The molecule has 0 bridgehead atoms. The van der Waals surface area contributed by atoms with Crippen molar-refractivity contribution in [2.24, 2.45) is 0 Å². The zero-order valence-electron chi connectivity index (χ0n) is 16.7. The lowest BCUT2D eigenvalue weighted by Gasteiger charge is -2.16. The van der Waals surface area contributed by atoms with E-state index in [-0.39, 0.29) is 11.3 Å². The van der Waals surface area contributed by atoms with Crippen LogP contribution in [0.25, 0.3) is 0 Å². The van der Waals surface area contributed by atoms with Gasteiger partial charge in [0.1, 0.15) is 0 Å². The van der Waals surface area contributed by atoms with Crippen molar-refractivity contribution in [3.63, 3.8) is 0 Å². The third kappa shape index (κ3) is 6.38. The van der Waals surface area contributed by atoms with Crippen LogP contribution in [-0.4, -0.2) is 31.6 Å². The van der Waals surface area contributed by atoms with Gasteiger partial charge in [0.15, 0.2) is 29.2 Å². The second-order valence-electron chi connectivity index (χ2n) is 6.20. The first kappa shape index (κ1) is 22.0. The number of rotatable bonds is 9. The van der Waals surface area contributed by atoms with Crippen LogP contribution >= 0.6 is 0 Å². The van der Waals surface area contributed by atoms with Crippen LogP contribution in [0.4, 0.5) is 4.39 Å². The molecule has 2 rings (SSSR count). The van der Waals surface area contributed by atoms with Crippen molar-refractivity contribution in [2.75, 3.05) is 13.7 Å². The molecule has 2 aromatic carbocycles. The summed E-state index contributed by atoms with van der Waals surface area (Å²) in [6, 6.07) is 10.5. The molecule has 8 heteroatoms. The molecule has 29 heavy (non-hydrogen) atoms. The second kappa shape index (κ2) is 10.9. The summed E-state index contributed by atoms with van der Waals surface area (Å²) in [6.07, 6.45) is 0.891. The summed E-state index contributed by atoms with van der Waals surface area (Å²) in [4.78, 5) is 24.4. The zero-order chi connectivity index (χ0) is 21.2. The molecule has 0 saturated carbocycles. The Labute approximate surface area is 169 Å². The molecule has 2 N–H and O–H groups in total. The van der Waals surface area contributed by atoms with Crippen molar-refractivity contribution < 1.29 is 28.2 Å². The number of nitrogens with one attached hydrogen (secondary N) is 2. The van der Waals surface area contributed by atoms with E-state index in [1.807, 2.05) is 0 Å². The summed E-state index contributed by atoms with van der Waals surface area (Å²) >= 11 is 0. The van der Waals surface area contributed by atoms with Gasteiger partial charge in [0, 0.05) is 5.56 Å². The van der Waals surface area contributed by atoms with Gasteiger partial charge in [-0.05, 0) is 43.7 Å². The lowest BCUT2D eigenvalue weighted by atomic mass is 10.2. The Balaban J connectivity index is 1.92. The molecule has 0 aliphatic heterocycles. The fraction of sp³-hybridized carbons (Fsp3) is 0.333. The van der Waals surface area contributed by atoms with Gasteiger partial charge in [-0.3, -0.25) is 20.4 Å². The molecule has 156 valence electrons. The molecule has 7 nitrogen and oxygen atoms in total. The SMILES string of the molecule is CCCCOc1ccc(C(=O)NNC(=O)[C@@H](C)Oc2ccccc2F)cc1OC. The highest BCUT2D eigenvalue weighted by molar-refractivity contribution is 5.96. The number of halogens is 1. The standard InChI is InChI=1S/C21H25FN2O5/c1-4-5-12-28-18-11-10-15(13-19(18)27-3)21(26)24-23-20(25)14(2)29-17-9-7-6-8-16(17)22/h6-11,13-14H,4-5,12H2,1-3H3,(H,23,25)(H,24,26)/t14-/m1/s1. The Morgan fingerprint density at radius 1 is 1.07 bits per heavy atom. The maximum atomic E-state index is 13.6. The van der Waals surface area contributed by atoms with Gasteiger partial charge in [-0.15, -0.1) is 0 Å². The Morgan fingerprint density at radius 3 is 2.52 bits per heavy atom. The first-order chi connectivity index (χ1) is 14.0. The molecule has 0 aliphatic carbocycles. The van der Waals surface area contributed by atoms with Crippen molar-refractivity contribution in [1.82, 2.24) is 10.9 Å². The average Bonchev–Trinajstić information content (AvgIpc) is 2.73. The Hall–Kier alpha value is -3.29. The van der Waals surface area contributed by atoms with Gasteiger partial charge in [0.05, 0.1) is 13.7 Å². The molecule has 0 unspecified atom stereocenters. The number of benzene rings is 2. The number of hydrazine groups is 1. The van der Waals surface area contributed by atoms with Gasteiger partial charge in [-0.25, -0.2) is 4.39 Å². The first-order valence-electron chi connectivity index (χ1n) is 9.28. The summed E-state index contributed by atoms with van der Waals surface area (Å²) < 4.78 is 29.8. The number of para-hydroxylation sites is 1. The van der Waals surface area contributed by atoms with E-state index in [0.29, 0.717) is 18.1 Å². The Bertz CT molecular complexity index is 844. The fourth-order valence-corrected chi connectivity index (χ4v) is 2.33. The van der Waals surface area contributed by atoms with Crippen LogP contribution in [0.1, 0.15) is 37.0 Å². The first-order valence-corrected chi connectivity index (χ1v) is 9.28. The minimum absolute atomic E-state index is 0.0510. The third-order valence-electron chi connectivity index (χ3n) is 3.99. The van der Waals surface area contributed by atoms with Crippen molar-refractivity contribution in [2.45, 2.75) is 32.8 Å². The average molecular weight is 404 g/mol. The van der Waals surface area contributed by atoms with Gasteiger partial charge >= 0.3 is 0 Å². The summed E-state index contributed by atoms with van der Waals surface area (Å²) in [6.45, 7) is 4.05. The lowest BCUT2D eigenvalue weighted by molar-refractivity contribution is -0.128. The molecule has 0 spiro atoms. The van der Waals surface area contributed by atoms with Crippen LogP contribution in [0.3, 0.4) is 0 Å². The fourth-order valence-electron chi connectivity index (χ4n) is 2.33. The van der Waals surface area contributed by atoms with E-state index in [2.05, 4.69) is 17.8 Å². The molecule has 0 heterocycles. The van der Waals surface area contributed by atoms with E-state index in [0.717, 1.165) is 12.8 Å². The summed E-state index contributed by atoms with van der Waals surface area (Å²) in [5.41, 5.74) is 4.82. The van der Waals surface area contributed by atoms with E-state index in [1.54, 1.807) is 18.2 Å². The van der Waals surface area contributed by atoms with Crippen LogP contribution in [0.2, 0.25) is 0 Å². The summed E-state index contributed by atoms with van der Waals surface area (Å²) in [5, 5.41) is 0. The van der Waals surface area contributed by atoms with Gasteiger partial charge in [0.25, 0.3) is 11.8 Å². The minimum atomic E-state index is -1.02. The van der Waals surface area contributed by atoms with Crippen LogP contribution < -0.4 is 25.1 Å². The molecule has 0 aromatic heterocycles. The highest BCUT2D eigenvalue weighted by atomic mass is 19.1. The molecule has 0 fully saturated rings. The summed E-state index contributed by atoms with van der Waals surface area (Å²) in [5.74, 6) is -0.859. The Kier molecular flexibility index (Phi) is 8.27. The quantitative estimate of drug-likeness (QED) is 0.495. The van der Waals surface area contributed by atoms with E-state index in [9.17, 15) is 14.0 Å². The van der Waals surface area contributed by atoms with Crippen LogP contribution in [0, 0.1) is 5.82 Å². The number of carbonyl (C=O) groups excluding carboxylic acids is 2. The molecule has 2 amide bonds. The zero-order valence-corrected chi connectivity index (χ0v) is 16.7. The van der Waals surface area contributed by atoms with E-state index in [4.69, 9.17) is 14.2 Å². The third-order valence-corrected chi connectivity index (χ3v) is 3.99. The van der Waals surface area contributed by atoms with Crippen molar-refractivity contribution in [3.8, 4) is 17.2 Å². The number of methoxy groups -OCH3 is 1. The molecular weight excluding hydrogens is 379 g/mol. The van der Waals surface area contributed by atoms with Gasteiger partial charge in [0.2, 0.25) is 0 Å². The van der Waals surface area contributed by atoms with Gasteiger partial charge in [-0.2, -0.15) is 0 Å². The number of carbonyl (C=O) groups is 2. The van der Waals surface area contributed by atoms with Crippen LogP contribution in [-0.2, 0) is 4.79 Å². The van der Waals surface area contributed by atoms with Gasteiger partial charge in [-0.1, -0.05) is 25.5 Å². The summed E-state index contributed by atoms with van der Waals surface area (Å²) in [7, 11) is 1.48. The van der Waals surface area contributed by atoms with Crippen molar-refractivity contribution >= 4 is 11.8 Å². The maximum absolute atomic E-state index is 13.6.